The average molecular weight is 162 g/mol. The minimum absolute atomic E-state index is 0.783. The molecule has 0 aromatic carbocycles. The monoisotopic (exact) mass is 161 g/mol. The molecule has 0 spiro atoms. The van der Waals surface area contributed by atoms with Gasteiger partial charge in [-0.15, -0.1) is 0 Å². The lowest BCUT2D eigenvalue weighted by Gasteiger charge is -1.89. The third kappa shape index (κ3) is 5.76. The number of allylic oxidation sites excluding steroid dienone is 1. The van der Waals surface area contributed by atoms with Crippen LogP contribution < -0.4 is 5.32 Å². The zero-order valence-electron chi connectivity index (χ0n) is 4.24. The van der Waals surface area contributed by atoms with Gasteiger partial charge in [-0.25, -0.2) is 0 Å². The summed E-state index contributed by atoms with van der Waals surface area (Å²) in [6.45, 7) is 5.48. The Hall–Kier alpha value is -0.240. The summed E-state index contributed by atoms with van der Waals surface area (Å²) < 4.78 is 0.783. The summed E-state index contributed by atoms with van der Waals surface area (Å²) in [6, 6.07) is 0. The Morgan fingerprint density at radius 3 is 2.57 bits per heavy atom. The highest BCUT2D eigenvalue weighted by Crippen LogP contribution is 1.91. The van der Waals surface area contributed by atoms with E-state index in [0.29, 0.717) is 0 Å². The first kappa shape index (κ1) is 6.76. The second kappa shape index (κ2) is 3.93. The molecule has 0 saturated heterocycles. The first-order chi connectivity index (χ1) is 3.27. The van der Waals surface area contributed by atoms with Gasteiger partial charge in [-0.1, -0.05) is 12.7 Å². The molecule has 2 heteroatoms. The van der Waals surface area contributed by atoms with E-state index in [1.165, 1.54) is 0 Å². The van der Waals surface area contributed by atoms with Crippen molar-refractivity contribution in [1.82, 2.24) is 5.32 Å². The van der Waals surface area contributed by atoms with Crippen LogP contribution in [0.3, 0.4) is 0 Å². The standard InChI is InChI=1S/C5H8BrN/c1-3-4-7-5(2)6/h3-4,7H,2H2,1H3/b4-3-. The van der Waals surface area contributed by atoms with Crippen LogP contribution in [0.5, 0.6) is 0 Å². The van der Waals surface area contributed by atoms with Gasteiger partial charge in [-0.05, 0) is 29.1 Å². The molecule has 0 aromatic heterocycles. The van der Waals surface area contributed by atoms with Gasteiger partial charge in [0.2, 0.25) is 0 Å². The molecule has 0 aliphatic rings. The summed E-state index contributed by atoms with van der Waals surface area (Å²) in [5.41, 5.74) is 0. The number of nitrogens with one attached hydrogen (secondary N) is 1. The van der Waals surface area contributed by atoms with Crippen molar-refractivity contribution in [3.63, 3.8) is 0 Å². The van der Waals surface area contributed by atoms with Gasteiger partial charge in [0, 0.05) is 0 Å². The number of hydrogen-bond acceptors (Lipinski definition) is 1. The maximum atomic E-state index is 3.55. The molecule has 0 rings (SSSR count). The third-order valence-electron chi connectivity index (χ3n) is 0.407. The molecule has 0 saturated carbocycles. The molecule has 0 radical (unpaired) electrons. The van der Waals surface area contributed by atoms with Crippen LogP contribution in [0.2, 0.25) is 0 Å². The molecule has 40 valence electrons. The van der Waals surface area contributed by atoms with Gasteiger partial charge in [0.25, 0.3) is 0 Å². The first-order valence-electron chi connectivity index (χ1n) is 1.99. The van der Waals surface area contributed by atoms with Crippen LogP contribution in [0, 0.1) is 0 Å². The van der Waals surface area contributed by atoms with E-state index in [9.17, 15) is 0 Å². The molecular formula is C5H8BrN. The molecule has 0 amide bonds. The summed E-state index contributed by atoms with van der Waals surface area (Å²) in [4.78, 5) is 0. The molecule has 1 N–H and O–H groups in total. The number of rotatable bonds is 2. The predicted octanol–water partition coefficient (Wildman–Crippen LogP) is 1.98. The lowest BCUT2D eigenvalue weighted by atomic mass is 10.7. The molecule has 0 bridgehead atoms. The van der Waals surface area contributed by atoms with Crippen LogP contribution in [0.4, 0.5) is 0 Å². The SMILES string of the molecule is C=C(Br)N/C=C\C. The number of hydrogen-bond donors (Lipinski definition) is 1. The Bertz CT molecular complexity index is 86.1. The molecular weight excluding hydrogens is 154 g/mol. The van der Waals surface area contributed by atoms with Crippen molar-refractivity contribution in [3.05, 3.63) is 23.5 Å². The van der Waals surface area contributed by atoms with E-state index < -0.39 is 0 Å². The summed E-state index contributed by atoms with van der Waals surface area (Å²) in [7, 11) is 0. The van der Waals surface area contributed by atoms with Gasteiger partial charge < -0.3 is 5.32 Å². The van der Waals surface area contributed by atoms with E-state index in [4.69, 9.17) is 0 Å². The van der Waals surface area contributed by atoms with E-state index >= 15 is 0 Å². The zero-order chi connectivity index (χ0) is 5.70. The molecule has 0 fully saturated rings. The first-order valence-corrected chi connectivity index (χ1v) is 2.78. The van der Waals surface area contributed by atoms with Crippen molar-refractivity contribution in [1.29, 1.82) is 0 Å². The van der Waals surface area contributed by atoms with E-state index in [-0.39, 0.29) is 0 Å². The summed E-state index contributed by atoms with van der Waals surface area (Å²) >= 11 is 3.12. The van der Waals surface area contributed by atoms with Crippen molar-refractivity contribution in [2.24, 2.45) is 0 Å². The van der Waals surface area contributed by atoms with Crippen LogP contribution in [-0.4, -0.2) is 0 Å². The second-order valence-corrected chi connectivity index (χ2v) is 2.01. The maximum absolute atomic E-state index is 3.55. The lowest BCUT2D eigenvalue weighted by Crippen LogP contribution is -1.94. The average Bonchev–Trinajstić information content (AvgIpc) is 1.61. The fourth-order valence-corrected chi connectivity index (χ4v) is 0.306. The van der Waals surface area contributed by atoms with E-state index in [2.05, 4.69) is 27.8 Å². The van der Waals surface area contributed by atoms with Crippen LogP contribution in [0.25, 0.3) is 0 Å². The van der Waals surface area contributed by atoms with Crippen molar-refractivity contribution in [2.75, 3.05) is 0 Å². The summed E-state index contributed by atoms with van der Waals surface area (Å²) in [5.74, 6) is 0. The van der Waals surface area contributed by atoms with E-state index in [0.717, 1.165) is 4.61 Å². The van der Waals surface area contributed by atoms with Gasteiger partial charge in [-0.2, -0.15) is 0 Å². The molecule has 0 heterocycles. The van der Waals surface area contributed by atoms with Crippen LogP contribution in [0.1, 0.15) is 6.92 Å². The number of halogens is 1. The van der Waals surface area contributed by atoms with Crippen molar-refractivity contribution < 1.29 is 0 Å². The van der Waals surface area contributed by atoms with Crippen LogP contribution in [-0.2, 0) is 0 Å². The molecule has 0 aliphatic carbocycles. The second-order valence-electron chi connectivity index (χ2n) is 1.05. The topological polar surface area (TPSA) is 12.0 Å². The van der Waals surface area contributed by atoms with Gasteiger partial charge in [0.05, 0.1) is 4.61 Å². The predicted molar refractivity (Wildman–Crippen MR) is 36.0 cm³/mol. The fourth-order valence-electron chi connectivity index (χ4n) is 0.174. The Morgan fingerprint density at radius 2 is 2.43 bits per heavy atom. The largest absolute Gasteiger partial charge is 0.357 e. The zero-order valence-corrected chi connectivity index (χ0v) is 5.83. The summed E-state index contributed by atoms with van der Waals surface area (Å²) in [5, 5.41) is 2.84. The normalized spacial score (nSPS) is 9.43. The highest BCUT2D eigenvalue weighted by Gasteiger charge is 1.71. The smallest absolute Gasteiger partial charge is 0.0746 e. The molecule has 1 nitrogen and oxygen atoms in total. The van der Waals surface area contributed by atoms with Gasteiger partial charge in [0.1, 0.15) is 0 Å². The van der Waals surface area contributed by atoms with Crippen LogP contribution in [0.15, 0.2) is 23.5 Å². The lowest BCUT2D eigenvalue weighted by molar-refractivity contribution is 1.18. The van der Waals surface area contributed by atoms with Gasteiger partial charge in [-0.3, -0.25) is 0 Å². The van der Waals surface area contributed by atoms with E-state index in [1.807, 2.05) is 13.0 Å². The van der Waals surface area contributed by atoms with Crippen molar-refractivity contribution in [3.8, 4) is 0 Å². The molecule has 0 aliphatic heterocycles. The minimum atomic E-state index is 0.783. The fraction of sp³-hybridized carbons (Fsp3) is 0.200. The minimum Gasteiger partial charge on any atom is -0.357 e. The molecule has 0 atom stereocenters. The van der Waals surface area contributed by atoms with Crippen molar-refractivity contribution >= 4 is 15.9 Å². The molecule has 0 aromatic rings. The third-order valence-corrected chi connectivity index (χ3v) is 0.636. The quantitative estimate of drug-likeness (QED) is 0.612. The Balaban J connectivity index is 3.14. The van der Waals surface area contributed by atoms with Gasteiger partial charge in [0.15, 0.2) is 0 Å². The Labute approximate surface area is 52.2 Å². The Morgan fingerprint density at radius 1 is 1.86 bits per heavy atom. The van der Waals surface area contributed by atoms with Gasteiger partial charge >= 0.3 is 0 Å². The summed E-state index contributed by atoms with van der Waals surface area (Å²) in [6.07, 6.45) is 3.70. The highest BCUT2D eigenvalue weighted by atomic mass is 79.9. The van der Waals surface area contributed by atoms with E-state index in [1.54, 1.807) is 6.20 Å². The highest BCUT2D eigenvalue weighted by molar-refractivity contribution is 9.11. The maximum Gasteiger partial charge on any atom is 0.0746 e. The molecule has 7 heavy (non-hydrogen) atoms. The molecule has 0 unspecified atom stereocenters. The Kier molecular flexibility index (Phi) is 3.80. The van der Waals surface area contributed by atoms with Crippen molar-refractivity contribution in [2.45, 2.75) is 6.92 Å². The van der Waals surface area contributed by atoms with Crippen LogP contribution >= 0.6 is 15.9 Å².